The number of hydrogen-bond acceptors (Lipinski definition) is 6. The molecule has 23 heavy (non-hydrogen) atoms. The van der Waals surface area contributed by atoms with Crippen molar-refractivity contribution in [3.63, 3.8) is 0 Å². The van der Waals surface area contributed by atoms with Gasteiger partial charge in [-0.25, -0.2) is 14.6 Å². The van der Waals surface area contributed by atoms with E-state index in [9.17, 15) is 5.11 Å². The van der Waals surface area contributed by atoms with E-state index in [4.69, 9.17) is 0 Å². The molecule has 0 aliphatic rings. The van der Waals surface area contributed by atoms with E-state index >= 15 is 0 Å². The molecule has 0 saturated carbocycles. The SMILES string of the molecule is Cc1ncsc1CCc1nc(Cc2cccnc2)nn1CCO. The Bertz CT molecular complexity index is 753. The van der Waals surface area contributed by atoms with Crippen molar-refractivity contribution in [1.29, 1.82) is 0 Å². The van der Waals surface area contributed by atoms with Crippen LogP contribution in [0.3, 0.4) is 0 Å². The first-order chi connectivity index (χ1) is 11.3. The monoisotopic (exact) mass is 329 g/mol. The van der Waals surface area contributed by atoms with Crippen molar-refractivity contribution in [2.75, 3.05) is 6.61 Å². The van der Waals surface area contributed by atoms with Crippen molar-refractivity contribution in [3.05, 3.63) is 57.8 Å². The number of aliphatic hydroxyl groups excluding tert-OH is 1. The molecule has 0 unspecified atom stereocenters. The molecule has 7 heteroatoms. The maximum absolute atomic E-state index is 9.23. The molecule has 0 atom stereocenters. The molecule has 0 aliphatic carbocycles. The van der Waals surface area contributed by atoms with Crippen LogP contribution in [0.25, 0.3) is 0 Å². The smallest absolute Gasteiger partial charge is 0.155 e. The van der Waals surface area contributed by atoms with Crippen molar-refractivity contribution >= 4 is 11.3 Å². The molecule has 0 radical (unpaired) electrons. The maximum Gasteiger partial charge on any atom is 0.155 e. The molecule has 120 valence electrons. The lowest BCUT2D eigenvalue weighted by Crippen LogP contribution is -2.09. The van der Waals surface area contributed by atoms with Crippen LogP contribution in [0.15, 0.2) is 30.0 Å². The first kappa shape index (κ1) is 15.8. The van der Waals surface area contributed by atoms with E-state index in [0.29, 0.717) is 13.0 Å². The first-order valence-electron chi connectivity index (χ1n) is 7.57. The zero-order chi connectivity index (χ0) is 16.1. The maximum atomic E-state index is 9.23. The summed E-state index contributed by atoms with van der Waals surface area (Å²) in [5.74, 6) is 1.67. The number of rotatable bonds is 7. The van der Waals surface area contributed by atoms with Gasteiger partial charge in [-0.3, -0.25) is 4.98 Å². The highest BCUT2D eigenvalue weighted by Gasteiger charge is 2.12. The van der Waals surface area contributed by atoms with Crippen molar-refractivity contribution in [2.45, 2.75) is 32.7 Å². The van der Waals surface area contributed by atoms with Crippen LogP contribution in [0.1, 0.15) is 27.8 Å². The average Bonchev–Trinajstić information content (AvgIpc) is 3.13. The number of pyridine rings is 1. The third kappa shape index (κ3) is 4.00. The minimum absolute atomic E-state index is 0.0578. The second-order valence-corrected chi connectivity index (χ2v) is 6.23. The fourth-order valence-corrected chi connectivity index (χ4v) is 3.22. The molecule has 0 saturated heterocycles. The van der Waals surface area contributed by atoms with Crippen LogP contribution in [-0.4, -0.2) is 36.4 Å². The van der Waals surface area contributed by atoms with Crippen LogP contribution in [0.4, 0.5) is 0 Å². The number of nitrogens with zero attached hydrogens (tertiary/aromatic N) is 5. The Morgan fingerprint density at radius 3 is 2.91 bits per heavy atom. The molecule has 3 heterocycles. The second kappa shape index (κ2) is 7.43. The molecule has 0 bridgehead atoms. The summed E-state index contributed by atoms with van der Waals surface area (Å²) in [6.45, 7) is 2.55. The molecular weight excluding hydrogens is 310 g/mol. The van der Waals surface area contributed by atoms with E-state index in [1.807, 2.05) is 35.4 Å². The Balaban J connectivity index is 1.74. The number of aryl methyl sites for hydroxylation is 3. The number of thiazole rings is 1. The third-order valence-corrected chi connectivity index (χ3v) is 4.60. The minimum Gasteiger partial charge on any atom is -0.394 e. The van der Waals surface area contributed by atoms with Crippen molar-refractivity contribution in [1.82, 2.24) is 24.7 Å². The average molecular weight is 329 g/mol. The second-order valence-electron chi connectivity index (χ2n) is 5.29. The Hall–Kier alpha value is -2.12. The summed E-state index contributed by atoms with van der Waals surface area (Å²) < 4.78 is 1.81. The van der Waals surface area contributed by atoms with E-state index in [1.54, 1.807) is 17.5 Å². The standard InChI is InChI=1S/C16H19N5OS/c1-12-14(23-11-18-12)4-5-16-19-15(20-21(16)7-8-22)9-13-3-2-6-17-10-13/h2-3,6,10-11,22H,4-5,7-9H2,1H3. The predicted molar refractivity (Wildman–Crippen MR) is 88.4 cm³/mol. The van der Waals surface area contributed by atoms with Gasteiger partial charge in [0.05, 0.1) is 24.4 Å². The number of aromatic nitrogens is 5. The third-order valence-electron chi connectivity index (χ3n) is 3.61. The molecule has 3 aromatic heterocycles. The quantitative estimate of drug-likeness (QED) is 0.715. The van der Waals surface area contributed by atoms with Gasteiger partial charge in [-0.15, -0.1) is 11.3 Å². The molecule has 3 rings (SSSR count). The molecule has 0 aliphatic heterocycles. The summed E-state index contributed by atoms with van der Waals surface area (Å²) in [6.07, 6.45) is 5.92. The highest BCUT2D eigenvalue weighted by Crippen LogP contribution is 2.15. The highest BCUT2D eigenvalue weighted by molar-refractivity contribution is 7.09. The summed E-state index contributed by atoms with van der Waals surface area (Å²) in [6, 6.07) is 3.92. The van der Waals surface area contributed by atoms with Crippen LogP contribution in [0.2, 0.25) is 0 Å². The van der Waals surface area contributed by atoms with E-state index in [-0.39, 0.29) is 6.61 Å². The highest BCUT2D eigenvalue weighted by atomic mass is 32.1. The van der Waals surface area contributed by atoms with Gasteiger partial charge in [-0.1, -0.05) is 6.07 Å². The number of hydrogen-bond donors (Lipinski definition) is 1. The lowest BCUT2D eigenvalue weighted by Gasteiger charge is -2.03. The van der Waals surface area contributed by atoms with E-state index in [1.165, 1.54) is 4.88 Å². The topological polar surface area (TPSA) is 76.7 Å². The normalized spacial score (nSPS) is 11.0. The van der Waals surface area contributed by atoms with Crippen LogP contribution >= 0.6 is 11.3 Å². The van der Waals surface area contributed by atoms with Crippen molar-refractivity contribution < 1.29 is 5.11 Å². The van der Waals surface area contributed by atoms with Gasteiger partial charge in [0.2, 0.25) is 0 Å². The van der Waals surface area contributed by atoms with Gasteiger partial charge in [0.25, 0.3) is 0 Å². The Morgan fingerprint density at radius 2 is 2.22 bits per heavy atom. The molecule has 0 aromatic carbocycles. The van der Waals surface area contributed by atoms with E-state index in [0.717, 1.165) is 35.7 Å². The molecule has 6 nitrogen and oxygen atoms in total. The van der Waals surface area contributed by atoms with Crippen LogP contribution < -0.4 is 0 Å². The molecule has 0 spiro atoms. The van der Waals surface area contributed by atoms with Gasteiger partial charge in [0.15, 0.2) is 5.82 Å². The van der Waals surface area contributed by atoms with Crippen molar-refractivity contribution in [2.24, 2.45) is 0 Å². The van der Waals surface area contributed by atoms with Gasteiger partial charge in [-0.05, 0) is 25.0 Å². The Morgan fingerprint density at radius 1 is 1.30 bits per heavy atom. The predicted octanol–water partition coefficient (Wildman–Crippen LogP) is 1.81. The lowest BCUT2D eigenvalue weighted by molar-refractivity contribution is 0.266. The molecule has 0 fully saturated rings. The van der Waals surface area contributed by atoms with Gasteiger partial charge < -0.3 is 5.11 Å². The summed E-state index contributed by atoms with van der Waals surface area (Å²) in [5, 5.41) is 13.8. The van der Waals surface area contributed by atoms with Crippen LogP contribution in [0, 0.1) is 6.92 Å². The van der Waals surface area contributed by atoms with Gasteiger partial charge in [0.1, 0.15) is 5.82 Å². The summed E-state index contributed by atoms with van der Waals surface area (Å²) in [7, 11) is 0. The van der Waals surface area contributed by atoms with Gasteiger partial charge in [-0.2, -0.15) is 5.10 Å². The summed E-state index contributed by atoms with van der Waals surface area (Å²) in [5.41, 5.74) is 4.04. The largest absolute Gasteiger partial charge is 0.394 e. The molecule has 3 aromatic rings. The zero-order valence-corrected chi connectivity index (χ0v) is 13.8. The number of aliphatic hydroxyl groups is 1. The van der Waals surface area contributed by atoms with Gasteiger partial charge >= 0.3 is 0 Å². The fraction of sp³-hybridized carbons (Fsp3) is 0.375. The molecule has 1 N–H and O–H groups in total. The molecule has 0 amide bonds. The van der Waals surface area contributed by atoms with Crippen LogP contribution in [-0.2, 0) is 25.8 Å². The first-order valence-corrected chi connectivity index (χ1v) is 8.45. The molecular formula is C16H19N5OS. The fourth-order valence-electron chi connectivity index (χ4n) is 2.44. The Labute approximate surface area is 138 Å². The summed E-state index contributed by atoms with van der Waals surface area (Å²) >= 11 is 1.67. The van der Waals surface area contributed by atoms with E-state index in [2.05, 4.69) is 20.1 Å². The van der Waals surface area contributed by atoms with Crippen molar-refractivity contribution in [3.8, 4) is 0 Å². The lowest BCUT2D eigenvalue weighted by atomic mass is 10.2. The Kier molecular flexibility index (Phi) is 5.09. The minimum atomic E-state index is 0.0578. The summed E-state index contributed by atoms with van der Waals surface area (Å²) in [4.78, 5) is 14.3. The zero-order valence-electron chi connectivity index (χ0n) is 13.0. The van der Waals surface area contributed by atoms with Crippen LogP contribution in [0.5, 0.6) is 0 Å². The van der Waals surface area contributed by atoms with Gasteiger partial charge in [0, 0.05) is 30.1 Å². The van der Waals surface area contributed by atoms with E-state index < -0.39 is 0 Å².